The molecule has 0 unspecified atom stereocenters. The second kappa shape index (κ2) is 6.21. The van der Waals surface area contributed by atoms with Gasteiger partial charge < -0.3 is 10.1 Å². The molecule has 0 saturated carbocycles. The highest BCUT2D eigenvalue weighted by molar-refractivity contribution is 7.19. The third-order valence-corrected chi connectivity index (χ3v) is 4.38. The first-order valence-corrected chi connectivity index (χ1v) is 7.41. The van der Waals surface area contributed by atoms with Gasteiger partial charge in [0.25, 0.3) is 0 Å². The number of ether oxygens (including phenoxy) is 1. The van der Waals surface area contributed by atoms with Crippen LogP contribution >= 0.6 is 11.3 Å². The molecule has 2 rings (SSSR count). The predicted molar refractivity (Wildman–Crippen MR) is 79.8 cm³/mol. The summed E-state index contributed by atoms with van der Waals surface area (Å²) in [5, 5.41) is 4.80. The first-order chi connectivity index (χ1) is 8.81. The fourth-order valence-electron chi connectivity index (χ4n) is 2.26. The Morgan fingerprint density at radius 2 is 2.11 bits per heavy atom. The van der Waals surface area contributed by atoms with E-state index in [0.717, 1.165) is 25.3 Å². The van der Waals surface area contributed by atoms with E-state index in [1.165, 1.54) is 26.9 Å². The third-order valence-electron chi connectivity index (χ3n) is 3.12. The fourth-order valence-corrected chi connectivity index (χ4v) is 3.57. The summed E-state index contributed by atoms with van der Waals surface area (Å²) in [7, 11) is 1.75. The smallest absolute Gasteiger partial charge is 0.136 e. The van der Waals surface area contributed by atoms with Crippen molar-refractivity contribution in [3.05, 3.63) is 28.6 Å². The van der Waals surface area contributed by atoms with Crippen LogP contribution in [0.2, 0.25) is 0 Å². The van der Waals surface area contributed by atoms with Gasteiger partial charge >= 0.3 is 0 Å². The van der Waals surface area contributed by atoms with Crippen LogP contribution in [0.15, 0.2) is 18.2 Å². The highest BCUT2D eigenvalue weighted by Gasteiger charge is 2.13. The topological polar surface area (TPSA) is 21.3 Å². The molecule has 3 heteroatoms. The lowest BCUT2D eigenvalue weighted by atomic mass is 10.1. The van der Waals surface area contributed by atoms with Crippen molar-refractivity contribution in [2.45, 2.75) is 33.2 Å². The monoisotopic (exact) mass is 263 g/mol. The lowest BCUT2D eigenvalue weighted by Gasteiger charge is -2.04. The zero-order valence-electron chi connectivity index (χ0n) is 11.4. The molecular weight excluding hydrogens is 242 g/mol. The number of thiophene rings is 1. The summed E-state index contributed by atoms with van der Waals surface area (Å²) in [5.74, 6) is 0.998. The van der Waals surface area contributed by atoms with E-state index in [4.69, 9.17) is 4.74 Å². The normalized spacial score (nSPS) is 11.1. The van der Waals surface area contributed by atoms with Crippen LogP contribution in [0.3, 0.4) is 0 Å². The Kier molecular flexibility index (Phi) is 4.61. The molecule has 1 heterocycles. The van der Waals surface area contributed by atoms with E-state index in [1.54, 1.807) is 7.11 Å². The van der Waals surface area contributed by atoms with Crippen LogP contribution in [0.5, 0.6) is 5.75 Å². The van der Waals surface area contributed by atoms with Crippen molar-refractivity contribution in [1.82, 2.24) is 5.32 Å². The van der Waals surface area contributed by atoms with E-state index < -0.39 is 0 Å². The van der Waals surface area contributed by atoms with E-state index >= 15 is 0 Å². The van der Waals surface area contributed by atoms with E-state index in [0.29, 0.717) is 0 Å². The lowest BCUT2D eigenvalue weighted by Crippen LogP contribution is -2.11. The quantitative estimate of drug-likeness (QED) is 0.851. The highest BCUT2D eigenvalue weighted by Crippen LogP contribution is 2.38. The van der Waals surface area contributed by atoms with Gasteiger partial charge in [-0.2, -0.15) is 0 Å². The second-order valence-electron chi connectivity index (χ2n) is 4.37. The Morgan fingerprint density at radius 1 is 1.28 bits per heavy atom. The standard InChI is InChI=1S/C15H21NOS/c1-4-7-11-12-8-6-9-13(17-3)15(12)18-14(11)10-16-5-2/h6,8-9,16H,4-5,7,10H2,1-3H3. The zero-order valence-corrected chi connectivity index (χ0v) is 12.2. The molecule has 0 spiro atoms. The molecule has 18 heavy (non-hydrogen) atoms. The average Bonchev–Trinajstić information content (AvgIpc) is 2.75. The Morgan fingerprint density at radius 3 is 2.78 bits per heavy atom. The number of methoxy groups -OCH3 is 1. The molecule has 2 nitrogen and oxygen atoms in total. The van der Waals surface area contributed by atoms with E-state index in [2.05, 4.69) is 31.3 Å². The minimum Gasteiger partial charge on any atom is -0.495 e. The Hall–Kier alpha value is -1.06. The van der Waals surface area contributed by atoms with Gasteiger partial charge in [-0.15, -0.1) is 11.3 Å². The molecule has 98 valence electrons. The summed E-state index contributed by atoms with van der Waals surface area (Å²) < 4.78 is 6.76. The summed E-state index contributed by atoms with van der Waals surface area (Å²) in [4.78, 5) is 1.46. The maximum atomic E-state index is 5.47. The molecular formula is C15H21NOS. The molecule has 1 N–H and O–H groups in total. The van der Waals surface area contributed by atoms with Crippen LogP contribution < -0.4 is 10.1 Å². The minimum absolute atomic E-state index is 0.967. The van der Waals surface area contributed by atoms with Crippen LogP contribution in [0.25, 0.3) is 10.1 Å². The number of hydrogen-bond donors (Lipinski definition) is 1. The van der Waals surface area contributed by atoms with Crippen LogP contribution in [-0.2, 0) is 13.0 Å². The van der Waals surface area contributed by atoms with Crippen molar-refractivity contribution in [3.63, 3.8) is 0 Å². The van der Waals surface area contributed by atoms with Gasteiger partial charge in [0, 0.05) is 11.4 Å². The maximum absolute atomic E-state index is 5.47. The number of fused-ring (bicyclic) bond motifs is 1. The van der Waals surface area contributed by atoms with Gasteiger partial charge in [-0.25, -0.2) is 0 Å². The average molecular weight is 263 g/mol. The van der Waals surface area contributed by atoms with Gasteiger partial charge in [0.05, 0.1) is 11.8 Å². The first kappa shape index (κ1) is 13.4. The molecule has 0 aliphatic rings. The number of benzene rings is 1. The molecule has 0 saturated heterocycles. The third kappa shape index (κ3) is 2.52. The molecule has 0 atom stereocenters. The molecule has 0 bridgehead atoms. The number of aryl methyl sites for hydroxylation is 1. The molecule has 0 radical (unpaired) electrons. The van der Waals surface area contributed by atoms with Gasteiger partial charge in [-0.3, -0.25) is 0 Å². The Labute approximate surface area is 113 Å². The Balaban J connectivity index is 2.51. The molecule has 1 aromatic carbocycles. The lowest BCUT2D eigenvalue weighted by molar-refractivity contribution is 0.420. The highest BCUT2D eigenvalue weighted by atomic mass is 32.1. The summed E-state index contributed by atoms with van der Waals surface area (Å²) in [6, 6.07) is 6.35. The molecule has 2 aromatic rings. The van der Waals surface area contributed by atoms with Crippen LogP contribution in [-0.4, -0.2) is 13.7 Å². The van der Waals surface area contributed by atoms with Crippen molar-refractivity contribution in [3.8, 4) is 5.75 Å². The van der Waals surface area contributed by atoms with Gasteiger partial charge in [0.15, 0.2) is 0 Å². The van der Waals surface area contributed by atoms with Crippen molar-refractivity contribution < 1.29 is 4.74 Å². The molecule has 0 aliphatic heterocycles. The number of nitrogens with one attached hydrogen (secondary N) is 1. The van der Waals surface area contributed by atoms with Crippen molar-refractivity contribution in [2.75, 3.05) is 13.7 Å². The SMILES string of the molecule is CCCc1c(CNCC)sc2c(OC)cccc12. The van der Waals surface area contributed by atoms with Crippen LogP contribution in [0.1, 0.15) is 30.7 Å². The summed E-state index contributed by atoms with van der Waals surface area (Å²) in [6.07, 6.45) is 2.33. The second-order valence-corrected chi connectivity index (χ2v) is 5.48. The van der Waals surface area contributed by atoms with E-state index in [1.807, 2.05) is 17.4 Å². The van der Waals surface area contributed by atoms with E-state index in [9.17, 15) is 0 Å². The van der Waals surface area contributed by atoms with Crippen molar-refractivity contribution >= 4 is 21.4 Å². The largest absolute Gasteiger partial charge is 0.495 e. The van der Waals surface area contributed by atoms with Gasteiger partial charge in [0.2, 0.25) is 0 Å². The van der Waals surface area contributed by atoms with Gasteiger partial charge in [-0.1, -0.05) is 32.4 Å². The Bertz CT molecular complexity index is 518. The summed E-state index contributed by atoms with van der Waals surface area (Å²) >= 11 is 1.87. The molecule has 0 aliphatic carbocycles. The predicted octanol–water partition coefficient (Wildman–Crippen LogP) is 3.97. The number of rotatable bonds is 6. The summed E-state index contributed by atoms with van der Waals surface area (Å²) in [5.41, 5.74) is 1.50. The summed E-state index contributed by atoms with van der Waals surface area (Å²) in [6.45, 7) is 6.36. The van der Waals surface area contributed by atoms with Crippen molar-refractivity contribution in [2.24, 2.45) is 0 Å². The fraction of sp³-hybridized carbons (Fsp3) is 0.467. The van der Waals surface area contributed by atoms with Gasteiger partial charge in [0.1, 0.15) is 5.75 Å². The minimum atomic E-state index is 0.967. The molecule has 1 aromatic heterocycles. The molecule has 0 fully saturated rings. The van der Waals surface area contributed by atoms with E-state index in [-0.39, 0.29) is 0 Å². The zero-order chi connectivity index (χ0) is 13.0. The van der Waals surface area contributed by atoms with Crippen LogP contribution in [0.4, 0.5) is 0 Å². The first-order valence-electron chi connectivity index (χ1n) is 6.59. The van der Waals surface area contributed by atoms with Gasteiger partial charge in [-0.05, 0) is 30.0 Å². The number of hydrogen-bond acceptors (Lipinski definition) is 3. The molecule has 0 amide bonds. The maximum Gasteiger partial charge on any atom is 0.136 e. The van der Waals surface area contributed by atoms with Crippen molar-refractivity contribution in [1.29, 1.82) is 0 Å². The van der Waals surface area contributed by atoms with Crippen LogP contribution in [0, 0.1) is 0 Å².